The smallest absolute Gasteiger partial charge is 0.317 e. The van der Waals surface area contributed by atoms with Crippen molar-refractivity contribution in [2.75, 3.05) is 27.3 Å². The van der Waals surface area contributed by atoms with Crippen LogP contribution in [0.25, 0.3) is 0 Å². The fourth-order valence-electron chi connectivity index (χ4n) is 3.25. The van der Waals surface area contributed by atoms with Crippen molar-refractivity contribution in [3.05, 3.63) is 23.3 Å². The Morgan fingerprint density at radius 3 is 2.40 bits per heavy atom. The van der Waals surface area contributed by atoms with Crippen LogP contribution in [0, 0.1) is 12.8 Å². The molecule has 2 amide bonds. The second-order valence-corrected chi connectivity index (χ2v) is 6.29. The molecule has 0 aliphatic carbocycles. The minimum Gasteiger partial charge on any atom is -0.493 e. The molecule has 1 aromatic carbocycles. The number of likely N-dealkylation sites (tertiary alicyclic amines) is 1. The van der Waals surface area contributed by atoms with E-state index in [1.165, 1.54) is 0 Å². The summed E-state index contributed by atoms with van der Waals surface area (Å²) in [4.78, 5) is 25.1. The van der Waals surface area contributed by atoms with Gasteiger partial charge >= 0.3 is 12.0 Å². The lowest BCUT2D eigenvalue weighted by Crippen LogP contribution is -2.46. The van der Waals surface area contributed by atoms with Gasteiger partial charge in [-0.25, -0.2) is 4.79 Å². The van der Waals surface area contributed by atoms with Gasteiger partial charge in [0.15, 0.2) is 11.5 Å². The van der Waals surface area contributed by atoms with Crippen LogP contribution in [0.3, 0.4) is 0 Å². The van der Waals surface area contributed by atoms with Crippen molar-refractivity contribution >= 4 is 12.0 Å². The van der Waals surface area contributed by atoms with Gasteiger partial charge in [-0.05, 0) is 38.3 Å². The first kappa shape index (κ1) is 18.9. The van der Waals surface area contributed by atoms with Crippen LogP contribution in [0.4, 0.5) is 4.79 Å². The summed E-state index contributed by atoms with van der Waals surface area (Å²) in [6.45, 7) is 4.76. The number of carboxylic acid groups (broad SMARTS) is 1. The zero-order valence-electron chi connectivity index (χ0n) is 15.2. The number of methoxy groups -OCH3 is 2. The highest BCUT2D eigenvalue weighted by atomic mass is 16.5. The molecule has 7 nitrogen and oxygen atoms in total. The third-order valence-corrected chi connectivity index (χ3v) is 4.77. The highest BCUT2D eigenvalue weighted by Gasteiger charge is 2.28. The molecule has 1 aliphatic heterocycles. The molecule has 2 N–H and O–H groups in total. The van der Waals surface area contributed by atoms with Crippen LogP contribution in [0.1, 0.15) is 36.9 Å². The zero-order chi connectivity index (χ0) is 18.6. The number of nitrogens with one attached hydrogen (secondary N) is 1. The number of rotatable bonds is 5. The number of carbonyl (C=O) groups is 2. The molecule has 7 heteroatoms. The maximum Gasteiger partial charge on any atom is 0.317 e. The van der Waals surface area contributed by atoms with E-state index >= 15 is 0 Å². The largest absolute Gasteiger partial charge is 0.493 e. The summed E-state index contributed by atoms with van der Waals surface area (Å²) in [6, 6.07) is 3.36. The Morgan fingerprint density at radius 1 is 1.24 bits per heavy atom. The molecule has 0 saturated carbocycles. The Morgan fingerprint density at radius 2 is 1.88 bits per heavy atom. The Labute approximate surface area is 147 Å². The van der Waals surface area contributed by atoms with E-state index in [-0.39, 0.29) is 18.0 Å². The van der Waals surface area contributed by atoms with E-state index in [9.17, 15) is 9.59 Å². The number of piperidine rings is 1. The second kappa shape index (κ2) is 8.09. The fraction of sp³-hybridized carbons (Fsp3) is 0.556. The Kier molecular flexibility index (Phi) is 6.12. The topological polar surface area (TPSA) is 88.1 Å². The molecule has 25 heavy (non-hydrogen) atoms. The number of carbonyl (C=O) groups excluding carboxylic acids is 1. The molecule has 138 valence electrons. The number of hydrogen-bond acceptors (Lipinski definition) is 4. The summed E-state index contributed by atoms with van der Waals surface area (Å²) in [5.74, 6) is 0.172. The van der Waals surface area contributed by atoms with E-state index < -0.39 is 5.97 Å². The Hall–Kier alpha value is -2.44. The molecule has 1 saturated heterocycles. The van der Waals surface area contributed by atoms with Gasteiger partial charge in [-0.2, -0.15) is 0 Å². The molecule has 0 spiro atoms. The van der Waals surface area contributed by atoms with Crippen LogP contribution in [-0.4, -0.2) is 49.3 Å². The van der Waals surface area contributed by atoms with Crippen molar-refractivity contribution in [1.29, 1.82) is 0 Å². The van der Waals surface area contributed by atoms with Gasteiger partial charge in [0.2, 0.25) is 0 Å². The molecule has 1 unspecified atom stereocenters. The summed E-state index contributed by atoms with van der Waals surface area (Å²) in [6.07, 6.45) is 0.985. The standard InChI is InChI=1S/C18H26N2O5/c1-11-14(5-6-15(24-3)16(11)25-4)12(2)19-18(23)20-9-7-13(8-10-20)17(21)22/h5-6,12-13H,7-10H2,1-4H3,(H,19,23)(H,21,22). The first-order chi connectivity index (χ1) is 11.9. The van der Waals surface area contributed by atoms with Gasteiger partial charge in [0.05, 0.1) is 26.2 Å². The molecule has 1 aliphatic rings. The van der Waals surface area contributed by atoms with Gasteiger partial charge in [0.25, 0.3) is 0 Å². The van der Waals surface area contributed by atoms with Crippen molar-refractivity contribution in [2.24, 2.45) is 5.92 Å². The van der Waals surface area contributed by atoms with Crippen LogP contribution in [0.2, 0.25) is 0 Å². The van der Waals surface area contributed by atoms with Gasteiger partial charge in [-0.3, -0.25) is 4.79 Å². The zero-order valence-corrected chi connectivity index (χ0v) is 15.2. The summed E-state index contributed by atoms with van der Waals surface area (Å²) in [7, 11) is 3.17. The SMILES string of the molecule is COc1ccc(C(C)NC(=O)N2CCC(C(=O)O)CC2)c(C)c1OC. The Balaban J connectivity index is 2.03. The number of hydrogen-bond donors (Lipinski definition) is 2. The van der Waals surface area contributed by atoms with Crippen LogP contribution in [0.15, 0.2) is 12.1 Å². The van der Waals surface area contributed by atoms with E-state index in [1.54, 1.807) is 19.1 Å². The maximum absolute atomic E-state index is 12.5. The molecule has 1 fully saturated rings. The molecule has 2 rings (SSSR count). The maximum atomic E-state index is 12.5. The van der Waals surface area contributed by atoms with Crippen molar-refractivity contribution in [2.45, 2.75) is 32.7 Å². The van der Waals surface area contributed by atoms with Gasteiger partial charge < -0.3 is 24.8 Å². The van der Waals surface area contributed by atoms with Gasteiger partial charge in [0, 0.05) is 18.7 Å². The normalized spacial score (nSPS) is 16.2. The van der Waals surface area contributed by atoms with Crippen molar-refractivity contribution in [1.82, 2.24) is 10.2 Å². The van der Waals surface area contributed by atoms with E-state index in [1.807, 2.05) is 26.0 Å². The third kappa shape index (κ3) is 4.15. The number of ether oxygens (including phenoxy) is 2. The van der Waals surface area contributed by atoms with E-state index in [4.69, 9.17) is 14.6 Å². The number of amides is 2. The van der Waals surface area contributed by atoms with Crippen LogP contribution in [0.5, 0.6) is 11.5 Å². The molecule has 1 atom stereocenters. The molecule has 1 heterocycles. The molecule has 1 aromatic rings. The number of carboxylic acids is 1. The lowest BCUT2D eigenvalue weighted by molar-refractivity contribution is -0.143. The molecular weight excluding hydrogens is 324 g/mol. The number of aliphatic carboxylic acids is 1. The summed E-state index contributed by atoms with van der Waals surface area (Å²) >= 11 is 0. The summed E-state index contributed by atoms with van der Waals surface area (Å²) in [5, 5.41) is 12.0. The predicted molar refractivity (Wildman–Crippen MR) is 93.2 cm³/mol. The average molecular weight is 350 g/mol. The van der Waals surface area contributed by atoms with Crippen LogP contribution in [-0.2, 0) is 4.79 Å². The van der Waals surface area contributed by atoms with Crippen LogP contribution >= 0.6 is 0 Å². The fourth-order valence-corrected chi connectivity index (χ4v) is 3.25. The minimum absolute atomic E-state index is 0.175. The molecule has 0 bridgehead atoms. The van der Waals surface area contributed by atoms with Crippen molar-refractivity contribution < 1.29 is 24.2 Å². The summed E-state index contributed by atoms with van der Waals surface area (Å²) < 4.78 is 10.7. The van der Waals surface area contributed by atoms with E-state index in [0.717, 1.165) is 11.1 Å². The first-order valence-electron chi connectivity index (χ1n) is 8.38. The van der Waals surface area contributed by atoms with E-state index in [0.29, 0.717) is 37.4 Å². The predicted octanol–water partition coefficient (Wildman–Crippen LogP) is 2.58. The molecular formula is C18H26N2O5. The van der Waals surface area contributed by atoms with Crippen LogP contribution < -0.4 is 14.8 Å². The van der Waals surface area contributed by atoms with Crippen molar-refractivity contribution in [3.8, 4) is 11.5 Å². The highest BCUT2D eigenvalue weighted by molar-refractivity contribution is 5.76. The van der Waals surface area contributed by atoms with Crippen molar-refractivity contribution in [3.63, 3.8) is 0 Å². The first-order valence-corrected chi connectivity index (χ1v) is 8.38. The molecule has 0 aromatic heterocycles. The highest BCUT2D eigenvalue weighted by Crippen LogP contribution is 2.35. The monoisotopic (exact) mass is 350 g/mol. The second-order valence-electron chi connectivity index (χ2n) is 6.29. The minimum atomic E-state index is -0.783. The quantitative estimate of drug-likeness (QED) is 0.852. The third-order valence-electron chi connectivity index (χ3n) is 4.77. The number of urea groups is 1. The van der Waals surface area contributed by atoms with E-state index in [2.05, 4.69) is 5.32 Å². The molecule has 0 radical (unpaired) electrons. The number of benzene rings is 1. The average Bonchev–Trinajstić information content (AvgIpc) is 2.61. The van der Waals surface area contributed by atoms with Gasteiger partial charge in [-0.15, -0.1) is 0 Å². The lowest BCUT2D eigenvalue weighted by Gasteiger charge is -2.31. The lowest BCUT2D eigenvalue weighted by atomic mass is 9.97. The number of nitrogens with zero attached hydrogens (tertiary/aromatic N) is 1. The van der Waals surface area contributed by atoms with Gasteiger partial charge in [-0.1, -0.05) is 6.07 Å². The summed E-state index contributed by atoms with van der Waals surface area (Å²) in [5.41, 5.74) is 1.87. The van der Waals surface area contributed by atoms with Gasteiger partial charge in [0.1, 0.15) is 0 Å². The Bertz CT molecular complexity index is 639.